The molecular weight excluding hydrogens is 580 g/mol. The topological polar surface area (TPSA) is 110 Å². The Morgan fingerprint density at radius 3 is 2.07 bits per heavy atom. The third-order valence-corrected chi connectivity index (χ3v) is 12.3. The fourth-order valence-electron chi connectivity index (χ4n) is 9.43. The highest BCUT2D eigenvalue weighted by molar-refractivity contribution is 6.33. The van der Waals surface area contributed by atoms with Crippen LogP contribution in [-0.4, -0.2) is 57.6 Å². The van der Waals surface area contributed by atoms with Crippen molar-refractivity contribution in [2.24, 2.45) is 39.4 Å². The van der Waals surface area contributed by atoms with Crippen molar-refractivity contribution in [2.45, 2.75) is 146 Å². The summed E-state index contributed by atoms with van der Waals surface area (Å²) < 4.78 is 13.2. The highest BCUT2D eigenvalue weighted by atomic mass is 16.5. The number of ether oxygens (including phenoxy) is 2. The van der Waals surface area contributed by atoms with E-state index in [1.165, 1.54) is 0 Å². The van der Waals surface area contributed by atoms with Crippen molar-refractivity contribution in [1.29, 1.82) is 0 Å². The smallest absolute Gasteiger partial charge is 0.183 e. The van der Waals surface area contributed by atoms with Gasteiger partial charge in [-0.2, -0.15) is 0 Å². The Labute approximate surface area is 277 Å². The molecule has 7 nitrogen and oxygen atoms in total. The molecule has 258 valence electrons. The van der Waals surface area contributed by atoms with Gasteiger partial charge in [-0.15, -0.1) is 0 Å². The predicted molar refractivity (Wildman–Crippen MR) is 180 cm³/mol. The third-order valence-electron chi connectivity index (χ3n) is 12.3. The molecule has 2 aliphatic heterocycles. The Hall–Kier alpha value is -2.09. The maximum Gasteiger partial charge on any atom is 0.183 e. The molecule has 0 aromatic heterocycles. The van der Waals surface area contributed by atoms with E-state index in [9.17, 15) is 15.0 Å². The number of Topliss-reactive ketones (excluding diaryl/α,β-unsaturated/α-hetero) is 3. The normalized spacial score (nSPS) is 36.4. The second-order valence-corrected chi connectivity index (χ2v) is 17.6. The summed E-state index contributed by atoms with van der Waals surface area (Å²) in [5.41, 5.74) is -4.06. The lowest BCUT2D eigenvalue weighted by Crippen LogP contribution is -2.70. The van der Waals surface area contributed by atoms with Gasteiger partial charge in [0.25, 0.3) is 0 Å². The number of aliphatic hydroxyl groups is 2. The molecule has 4 rings (SSSR count). The molecule has 0 aromatic rings. The predicted octanol–water partition coefficient (Wildman–Crippen LogP) is 7.09. The molecular formula is C39H60O7. The number of ketones is 3. The molecule has 2 heterocycles. The molecule has 2 N–H and O–H groups in total. The van der Waals surface area contributed by atoms with Gasteiger partial charge in [0.05, 0.1) is 22.7 Å². The summed E-state index contributed by atoms with van der Waals surface area (Å²) in [5, 5.41) is 21.7. The number of aliphatic hydroxyl groups excluding tert-OH is 1. The van der Waals surface area contributed by atoms with E-state index in [1.54, 1.807) is 27.7 Å². The number of carbonyl (C=O) groups excluding carboxylic acids is 3. The van der Waals surface area contributed by atoms with E-state index < -0.39 is 56.8 Å². The lowest BCUT2D eigenvalue weighted by molar-refractivity contribution is -0.178. The first-order valence-electron chi connectivity index (χ1n) is 17.3. The van der Waals surface area contributed by atoms with Crippen molar-refractivity contribution < 1.29 is 34.1 Å². The second-order valence-electron chi connectivity index (χ2n) is 17.6. The van der Waals surface area contributed by atoms with E-state index in [0.717, 1.165) is 11.1 Å². The Kier molecular flexibility index (Phi) is 9.43. The fourth-order valence-corrected chi connectivity index (χ4v) is 9.43. The van der Waals surface area contributed by atoms with E-state index in [-0.39, 0.29) is 42.9 Å². The van der Waals surface area contributed by atoms with Crippen LogP contribution in [0.2, 0.25) is 0 Å². The summed E-state index contributed by atoms with van der Waals surface area (Å²) in [6.45, 7) is 24.9. The minimum absolute atomic E-state index is 0.0708. The van der Waals surface area contributed by atoms with E-state index in [2.05, 4.69) is 12.2 Å². The molecule has 2 aliphatic carbocycles. The molecule has 2 saturated heterocycles. The lowest BCUT2D eigenvalue weighted by atomic mass is 9.38. The average molecular weight is 641 g/mol. The molecule has 1 spiro atoms. The lowest BCUT2D eigenvalue weighted by Gasteiger charge is -2.60. The Morgan fingerprint density at radius 1 is 1.00 bits per heavy atom. The minimum atomic E-state index is -1.92. The van der Waals surface area contributed by atoms with Crippen LogP contribution in [-0.2, 0) is 23.9 Å². The molecule has 0 amide bonds. The maximum atomic E-state index is 15.6. The minimum Gasteiger partial charge on any atom is -0.490 e. The molecule has 1 unspecified atom stereocenters. The van der Waals surface area contributed by atoms with E-state index >= 15 is 9.59 Å². The zero-order valence-electron chi connectivity index (χ0n) is 30.7. The summed E-state index contributed by atoms with van der Waals surface area (Å²) in [5.74, 6) is -1.76. The first kappa shape index (κ1) is 36.7. The van der Waals surface area contributed by atoms with Crippen molar-refractivity contribution in [3.8, 4) is 0 Å². The van der Waals surface area contributed by atoms with E-state index in [0.29, 0.717) is 30.6 Å². The second kappa shape index (κ2) is 11.8. The first-order valence-corrected chi connectivity index (χ1v) is 17.3. The summed E-state index contributed by atoms with van der Waals surface area (Å²) >= 11 is 0. The Balaban J connectivity index is 2.09. The average Bonchev–Trinajstić information content (AvgIpc) is 3.39. The number of fused-ring (bicyclic) bond motifs is 1. The van der Waals surface area contributed by atoms with Crippen LogP contribution in [0.5, 0.6) is 0 Å². The highest BCUT2D eigenvalue weighted by Gasteiger charge is 2.78. The van der Waals surface area contributed by atoms with Gasteiger partial charge in [-0.1, -0.05) is 57.9 Å². The zero-order chi connectivity index (χ0) is 35.0. The SMILES string of the molecule is CC(C)=CC[C@H]1CC23C[C@@H](C(C)(C)O)OC2=C(C[C@H]2OC(C)(C)[C@H](CO)C2(C)C)C(=O)[C@@](C(=O)C(C)C)(C3=O)[C@]1(C)CC=C(C)C. The van der Waals surface area contributed by atoms with Gasteiger partial charge in [-0.25, -0.2) is 0 Å². The summed E-state index contributed by atoms with van der Waals surface area (Å²) in [6, 6.07) is 0. The Bertz CT molecular complexity index is 1360. The van der Waals surface area contributed by atoms with Gasteiger partial charge in [0, 0.05) is 42.3 Å². The molecule has 2 bridgehead atoms. The standard InChI is InChI=1S/C39H60O7/c1-22(2)14-15-25-19-38-20-29(35(9,10)44)45-32(38)26(18-28-34(7,8)27(21-40)36(11,12)46-28)31(42)39(33(38)43,30(41)24(5)6)37(25,13)17-16-23(3)4/h14,16,24-25,27-29,40,44H,15,17-21H2,1-13H3/t25-,27+,28+,29-,37+,38?,39-/m0/s1. The molecule has 4 aliphatic rings. The largest absolute Gasteiger partial charge is 0.490 e. The monoisotopic (exact) mass is 640 g/mol. The van der Waals surface area contributed by atoms with Gasteiger partial charge < -0.3 is 19.7 Å². The molecule has 0 aromatic carbocycles. The van der Waals surface area contributed by atoms with Crippen LogP contribution in [0.15, 0.2) is 34.6 Å². The molecule has 3 fully saturated rings. The van der Waals surface area contributed by atoms with Crippen LogP contribution < -0.4 is 0 Å². The van der Waals surface area contributed by atoms with Crippen LogP contribution in [0.3, 0.4) is 0 Å². The quantitative estimate of drug-likeness (QED) is 0.194. The number of hydrogen-bond donors (Lipinski definition) is 2. The molecule has 7 heteroatoms. The van der Waals surface area contributed by atoms with Crippen LogP contribution in [0.4, 0.5) is 0 Å². The summed E-state index contributed by atoms with van der Waals surface area (Å²) in [6.07, 6.45) is 4.84. The van der Waals surface area contributed by atoms with Crippen molar-refractivity contribution in [2.75, 3.05) is 6.61 Å². The molecule has 0 radical (unpaired) electrons. The molecule has 7 atom stereocenters. The molecule has 1 saturated carbocycles. The number of hydrogen-bond acceptors (Lipinski definition) is 7. The summed E-state index contributed by atoms with van der Waals surface area (Å²) in [4.78, 5) is 46.0. The Morgan fingerprint density at radius 2 is 1.59 bits per heavy atom. The van der Waals surface area contributed by atoms with Gasteiger partial charge in [0.2, 0.25) is 0 Å². The van der Waals surface area contributed by atoms with Gasteiger partial charge >= 0.3 is 0 Å². The van der Waals surface area contributed by atoms with Crippen LogP contribution in [0.25, 0.3) is 0 Å². The van der Waals surface area contributed by atoms with Gasteiger partial charge in [-0.3, -0.25) is 14.4 Å². The van der Waals surface area contributed by atoms with Crippen molar-refractivity contribution in [3.63, 3.8) is 0 Å². The number of carbonyl (C=O) groups is 3. The van der Waals surface area contributed by atoms with Gasteiger partial charge in [0.15, 0.2) is 22.8 Å². The third kappa shape index (κ3) is 5.31. The van der Waals surface area contributed by atoms with Crippen LogP contribution in [0, 0.1) is 39.4 Å². The van der Waals surface area contributed by atoms with Crippen LogP contribution >= 0.6 is 0 Å². The van der Waals surface area contributed by atoms with Gasteiger partial charge in [-0.05, 0) is 86.0 Å². The fraction of sp³-hybridized carbons (Fsp3) is 0.769. The van der Waals surface area contributed by atoms with E-state index in [4.69, 9.17) is 9.47 Å². The maximum absolute atomic E-state index is 15.6. The van der Waals surface area contributed by atoms with Crippen molar-refractivity contribution in [3.05, 3.63) is 34.6 Å². The summed E-state index contributed by atoms with van der Waals surface area (Å²) in [7, 11) is 0. The van der Waals surface area contributed by atoms with Crippen molar-refractivity contribution in [1.82, 2.24) is 0 Å². The van der Waals surface area contributed by atoms with Crippen molar-refractivity contribution >= 4 is 17.3 Å². The van der Waals surface area contributed by atoms with Crippen LogP contribution in [0.1, 0.15) is 122 Å². The number of rotatable bonds is 10. The molecule has 46 heavy (non-hydrogen) atoms. The first-order chi connectivity index (χ1) is 20.9. The van der Waals surface area contributed by atoms with E-state index in [1.807, 2.05) is 62.3 Å². The highest BCUT2D eigenvalue weighted by Crippen LogP contribution is 2.70. The zero-order valence-corrected chi connectivity index (χ0v) is 30.7. The number of allylic oxidation sites excluding steroid dienone is 5. The van der Waals surface area contributed by atoms with Gasteiger partial charge in [0.1, 0.15) is 11.9 Å².